The zero-order chi connectivity index (χ0) is 11.5. The number of aliphatic hydroxyl groups excluding tert-OH is 1. The molecule has 86 valence electrons. The van der Waals surface area contributed by atoms with E-state index in [4.69, 9.17) is 10.5 Å². The summed E-state index contributed by atoms with van der Waals surface area (Å²) in [7, 11) is 1.54. The number of aliphatic hydroxyl groups is 1. The molecule has 1 unspecified atom stereocenters. The molecule has 0 aliphatic rings. The fourth-order valence-electron chi connectivity index (χ4n) is 1.14. The Hall–Kier alpha value is -0.980. The summed E-state index contributed by atoms with van der Waals surface area (Å²) >= 11 is 0. The van der Waals surface area contributed by atoms with Gasteiger partial charge in [-0.25, -0.2) is 4.68 Å². The fraction of sp³-hybridized carbons (Fsp3) is 0.778. The maximum atomic E-state index is 9.47. The second kappa shape index (κ2) is 4.69. The van der Waals surface area contributed by atoms with Crippen molar-refractivity contribution in [3.63, 3.8) is 0 Å². The molecule has 0 saturated heterocycles. The monoisotopic (exact) mass is 214 g/mol. The first kappa shape index (κ1) is 12.1. The average Bonchev–Trinajstić information content (AvgIpc) is 2.52. The van der Waals surface area contributed by atoms with E-state index in [1.54, 1.807) is 18.0 Å². The highest BCUT2D eigenvalue weighted by Gasteiger charge is 2.18. The van der Waals surface area contributed by atoms with Crippen LogP contribution in [0.3, 0.4) is 0 Å². The molecule has 1 aromatic rings. The van der Waals surface area contributed by atoms with Gasteiger partial charge in [-0.05, 0) is 13.8 Å². The lowest BCUT2D eigenvalue weighted by Gasteiger charge is -2.13. The van der Waals surface area contributed by atoms with Crippen LogP contribution in [-0.2, 0) is 16.8 Å². The standard InChI is InChI=1S/C9H18N4O2/c1-9(2,10)8-5-13(12-11-8)4-7(14)6-15-3/h5,7,14H,4,6,10H2,1-3H3. The van der Waals surface area contributed by atoms with Crippen LogP contribution in [0.2, 0.25) is 0 Å². The Kier molecular flexibility index (Phi) is 3.78. The highest BCUT2D eigenvalue weighted by atomic mass is 16.5. The Labute approximate surface area is 89.0 Å². The van der Waals surface area contributed by atoms with Crippen molar-refractivity contribution < 1.29 is 9.84 Å². The van der Waals surface area contributed by atoms with Gasteiger partial charge in [0.05, 0.1) is 31.0 Å². The van der Waals surface area contributed by atoms with Crippen LogP contribution in [0.25, 0.3) is 0 Å². The van der Waals surface area contributed by atoms with E-state index in [1.807, 2.05) is 13.8 Å². The van der Waals surface area contributed by atoms with Gasteiger partial charge in [0, 0.05) is 7.11 Å². The van der Waals surface area contributed by atoms with E-state index >= 15 is 0 Å². The Bertz CT molecular complexity index is 305. The number of nitrogens with two attached hydrogens (primary N) is 1. The molecule has 0 aromatic carbocycles. The van der Waals surface area contributed by atoms with E-state index in [0.29, 0.717) is 12.2 Å². The van der Waals surface area contributed by atoms with Gasteiger partial charge in [-0.3, -0.25) is 0 Å². The van der Waals surface area contributed by atoms with Gasteiger partial charge in [0.25, 0.3) is 0 Å². The van der Waals surface area contributed by atoms with Crippen LogP contribution >= 0.6 is 0 Å². The molecule has 0 bridgehead atoms. The minimum absolute atomic E-state index is 0.279. The molecule has 0 saturated carbocycles. The van der Waals surface area contributed by atoms with Gasteiger partial charge in [0.1, 0.15) is 5.69 Å². The minimum Gasteiger partial charge on any atom is -0.389 e. The van der Waals surface area contributed by atoms with Gasteiger partial charge in [0.2, 0.25) is 0 Å². The molecule has 15 heavy (non-hydrogen) atoms. The van der Waals surface area contributed by atoms with Gasteiger partial charge in [-0.2, -0.15) is 0 Å². The highest BCUT2D eigenvalue weighted by Crippen LogP contribution is 2.12. The second-order valence-electron chi connectivity index (χ2n) is 4.16. The predicted octanol–water partition coefficient (Wildman–Crippen LogP) is -0.521. The maximum Gasteiger partial charge on any atom is 0.102 e. The predicted molar refractivity (Wildman–Crippen MR) is 55.1 cm³/mol. The normalized spacial score (nSPS) is 14.2. The zero-order valence-electron chi connectivity index (χ0n) is 9.34. The molecule has 1 aromatic heterocycles. The minimum atomic E-state index is -0.578. The van der Waals surface area contributed by atoms with E-state index in [-0.39, 0.29) is 6.61 Å². The molecule has 0 spiro atoms. The molecule has 0 fully saturated rings. The van der Waals surface area contributed by atoms with Crippen LogP contribution in [-0.4, -0.2) is 39.9 Å². The lowest BCUT2D eigenvalue weighted by atomic mass is 10.0. The topological polar surface area (TPSA) is 86.2 Å². The molecular formula is C9H18N4O2. The summed E-state index contributed by atoms with van der Waals surface area (Å²) in [6.07, 6.45) is 1.16. The average molecular weight is 214 g/mol. The summed E-state index contributed by atoms with van der Waals surface area (Å²) in [6.45, 7) is 4.35. The van der Waals surface area contributed by atoms with Gasteiger partial charge >= 0.3 is 0 Å². The van der Waals surface area contributed by atoms with Crippen molar-refractivity contribution in [3.8, 4) is 0 Å². The molecular weight excluding hydrogens is 196 g/mol. The number of hydrogen-bond donors (Lipinski definition) is 2. The van der Waals surface area contributed by atoms with Crippen molar-refractivity contribution in [1.82, 2.24) is 15.0 Å². The third kappa shape index (κ3) is 3.58. The molecule has 6 nitrogen and oxygen atoms in total. The molecule has 1 rings (SSSR count). The molecule has 1 heterocycles. The van der Waals surface area contributed by atoms with E-state index in [9.17, 15) is 5.11 Å². The highest BCUT2D eigenvalue weighted by molar-refractivity contribution is 5.05. The van der Waals surface area contributed by atoms with Crippen molar-refractivity contribution in [2.45, 2.75) is 32.0 Å². The van der Waals surface area contributed by atoms with Gasteiger partial charge in [0.15, 0.2) is 0 Å². The summed E-state index contributed by atoms with van der Waals surface area (Å²) in [5.41, 5.74) is 6.05. The molecule has 3 N–H and O–H groups in total. The van der Waals surface area contributed by atoms with Crippen molar-refractivity contribution in [1.29, 1.82) is 0 Å². The molecule has 1 atom stereocenters. The molecule has 0 amide bonds. The summed E-state index contributed by atoms with van der Waals surface area (Å²) < 4.78 is 6.38. The number of rotatable bonds is 5. The lowest BCUT2D eigenvalue weighted by molar-refractivity contribution is 0.0510. The quantitative estimate of drug-likeness (QED) is 0.688. The van der Waals surface area contributed by atoms with Crippen LogP contribution < -0.4 is 5.73 Å². The lowest BCUT2D eigenvalue weighted by Crippen LogP contribution is -2.29. The number of aromatic nitrogens is 3. The molecule has 0 aliphatic heterocycles. The van der Waals surface area contributed by atoms with Crippen molar-refractivity contribution in [2.75, 3.05) is 13.7 Å². The number of methoxy groups -OCH3 is 1. The molecule has 0 aliphatic carbocycles. The smallest absolute Gasteiger partial charge is 0.102 e. The summed E-state index contributed by atoms with van der Waals surface area (Å²) in [5.74, 6) is 0. The summed E-state index contributed by atoms with van der Waals surface area (Å²) in [6, 6.07) is 0. The van der Waals surface area contributed by atoms with E-state index in [0.717, 1.165) is 0 Å². The third-order valence-electron chi connectivity index (χ3n) is 1.96. The van der Waals surface area contributed by atoms with Crippen LogP contribution in [0.1, 0.15) is 19.5 Å². The number of ether oxygens (including phenoxy) is 1. The Morgan fingerprint density at radius 2 is 2.33 bits per heavy atom. The summed E-state index contributed by atoms with van der Waals surface area (Å²) in [4.78, 5) is 0. The number of nitrogens with zero attached hydrogens (tertiary/aromatic N) is 3. The zero-order valence-corrected chi connectivity index (χ0v) is 9.34. The first-order valence-electron chi connectivity index (χ1n) is 4.80. The van der Waals surface area contributed by atoms with Crippen molar-refractivity contribution in [3.05, 3.63) is 11.9 Å². The van der Waals surface area contributed by atoms with E-state index in [2.05, 4.69) is 10.3 Å². The Balaban J connectivity index is 2.61. The van der Waals surface area contributed by atoms with Crippen LogP contribution in [0.15, 0.2) is 6.20 Å². The fourth-order valence-corrected chi connectivity index (χ4v) is 1.14. The number of hydrogen-bond acceptors (Lipinski definition) is 5. The van der Waals surface area contributed by atoms with Crippen LogP contribution in [0, 0.1) is 0 Å². The SMILES string of the molecule is COCC(O)Cn1cc(C(C)(C)N)nn1. The van der Waals surface area contributed by atoms with Gasteiger partial charge < -0.3 is 15.6 Å². The van der Waals surface area contributed by atoms with E-state index in [1.165, 1.54) is 0 Å². The van der Waals surface area contributed by atoms with Crippen LogP contribution in [0.4, 0.5) is 0 Å². The summed E-state index contributed by atoms with van der Waals surface area (Å²) in [5, 5.41) is 17.3. The molecule has 6 heteroatoms. The van der Waals surface area contributed by atoms with E-state index < -0.39 is 11.6 Å². The van der Waals surface area contributed by atoms with Gasteiger partial charge in [-0.1, -0.05) is 5.21 Å². The maximum absolute atomic E-state index is 9.47. The first-order valence-corrected chi connectivity index (χ1v) is 4.80. The third-order valence-corrected chi connectivity index (χ3v) is 1.96. The Morgan fingerprint density at radius 3 is 2.80 bits per heavy atom. The van der Waals surface area contributed by atoms with Gasteiger partial charge in [-0.15, -0.1) is 5.10 Å². The Morgan fingerprint density at radius 1 is 1.67 bits per heavy atom. The van der Waals surface area contributed by atoms with Crippen LogP contribution in [0.5, 0.6) is 0 Å². The van der Waals surface area contributed by atoms with Crippen molar-refractivity contribution >= 4 is 0 Å². The largest absolute Gasteiger partial charge is 0.389 e. The van der Waals surface area contributed by atoms with Crippen molar-refractivity contribution in [2.24, 2.45) is 5.73 Å². The second-order valence-corrected chi connectivity index (χ2v) is 4.16. The first-order chi connectivity index (χ1) is 6.93. The molecule has 0 radical (unpaired) electrons.